The molecule has 1 aliphatic heterocycles. The van der Waals surface area contributed by atoms with Gasteiger partial charge in [0.05, 0.1) is 12.6 Å². The van der Waals surface area contributed by atoms with Crippen LogP contribution in [0.2, 0.25) is 0 Å². The molecule has 5 heteroatoms. The van der Waals surface area contributed by atoms with Gasteiger partial charge in [0, 0.05) is 28.9 Å². The quantitative estimate of drug-likeness (QED) is 0.867. The van der Waals surface area contributed by atoms with Crippen molar-refractivity contribution in [3.63, 3.8) is 0 Å². The lowest BCUT2D eigenvalue weighted by Gasteiger charge is -2.31. The highest BCUT2D eigenvalue weighted by molar-refractivity contribution is 7.12. The van der Waals surface area contributed by atoms with Gasteiger partial charge < -0.3 is 11.1 Å². The van der Waals surface area contributed by atoms with Gasteiger partial charge in [-0.25, -0.2) is 0 Å². The van der Waals surface area contributed by atoms with Crippen LogP contribution in [0.5, 0.6) is 0 Å². The van der Waals surface area contributed by atoms with Crippen LogP contribution in [0.15, 0.2) is 12.1 Å². The molecule has 1 amide bonds. The number of hydrogen-bond acceptors (Lipinski definition) is 4. The standard InChI is InChI=1S/C13H21N3OS/c1-9-4-5-11(18-9)13(10(2)14)16-7-3-6-15-12(17)8-16/h4-5,10,13H,3,6-8,14H2,1-2H3,(H,15,17). The largest absolute Gasteiger partial charge is 0.355 e. The van der Waals surface area contributed by atoms with Gasteiger partial charge in [0.1, 0.15) is 0 Å². The molecule has 3 N–H and O–H groups in total. The normalized spacial score (nSPS) is 21.2. The smallest absolute Gasteiger partial charge is 0.234 e. The fourth-order valence-electron chi connectivity index (χ4n) is 2.45. The minimum Gasteiger partial charge on any atom is -0.355 e. The Hall–Kier alpha value is -0.910. The summed E-state index contributed by atoms with van der Waals surface area (Å²) in [6, 6.07) is 4.42. The van der Waals surface area contributed by atoms with Gasteiger partial charge in [-0.1, -0.05) is 0 Å². The summed E-state index contributed by atoms with van der Waals surface area (Å²) < 4.78 is 0. The Balaban J connectivity index is 2.21. The van der Waals surface area contributed by atoms with Gasteiger partial charge in [0.25, 0.3) is 0 Å². The van der Waals surface area contributed by atoms with Crippen molar-refractivity contribution in [2.24, 2.45) is 5.73 Å². The molecule has 4 nitrogen and oxygen atoms in total. The van der Waals surface area contributed by atoms with Crippen LogP contribution < -0.4 is 11.1 Å². The first-order valence-electron chi connectivity index (χ1n) is 6.40. The van der Waals surface area contributed by atoms with Crippen molar-refractivity contribution in [2.75, 3.05) is 19.6 Å². The molecule has 1 aliphatic rings. The first-order valence-corrected chi connectivity index (χ1v) is 7.22. The molecule has 2 unspecified atom stereocenters. The predicted octanol–water partition coefficient (Wildman–Crippen LogP) is 1.27. The molecule has 1 aromatic rings. The molecule has 1 aromatic heterocycles. The molecule has 0 radical (unpaired) electrons. The molecule has 2 atom stereocenters. The van der Waals surface area contributed by atoms with Crippen molar-refractivity contribution in [1.82, 2.24) is 10.2 Å². The van der Waals surface area contributed by atoms with E-state index in [9.17, 15) is 4.79 Å². The minimum absolute atomic E-state index is 0.0222. The Morgan fingerprint density at radius 1 is 1.50 bits per heavy atom. The Labute approximate surface area is 112 Å². The lowest BCUT2D eigenvalue weighted by molar-refractivity contribution is -0.122. The second-order valence-corrected chi connectivity index (χ2v) is 6.25. The first kappa shape index (κ1) is 13.5. The zero-order valence-corrected chi connectivity index (χ0v) is 11.8. The van der Waals surface area contributed by atoms with Crippen molar-refractivity contribution < 1.29 is 4.79 Å². The molecule has 18 heavy (non-hydrogen) atoms. The average Bonchev–Trinajstić information content (AvgIpc) is 2.58. The molecule has 1 fully saturated rings. The zero-order valence-electron chi connectivity index (χ0n) is 11.0. The summed E-state index contributed by atoms with van der Waals surface area (Å²) in [4.78, 5) is 16.4. The van der Waals surface area contributed by atoms with E-state index in [0.717, 1.165) is 19.5 Å². The summed E-state index contributed by atoms with van der Waals surface area (Å²) in [6.07, 6.45) is 0.985. The number of amides is 1. The molecular formula is C13H21N3OS. The van der Waals surface area contributed by atoms with Gasteiger partial charge in [-0.15, -0.1) is 11.3 Å². The van der Waals surface area contributed by atoms with Gasteiger partial charge in [-0.2, -0.15) is 0 Å². The summed E-state index contributed by atoms with van der Waals surface area (Å²) >= 11 is 1.77. The highest BCUT2D eigenvalue weighted by atomic mass is 32.1. The highest BCUT2D eigenvalue weighted by Crippen LogP contribution is 2.30. The third-order valence-corrected chi connectivity index (χ3v) is 4.31. The van der Waals surface area contributed by atoms with E-state index in [-0.39, 0.29) is 18.0 Å². The number of aryl methyl sites for hydroxylation is 1. The van der Waals surface area contributed by atoms with Crippen molar-refractivity contribution in [3.8, 4) is 0 Å². The molecule has 0 aliphatic carbocycles. The van der Waals surface area contributed by atoms with E-state index in [0.29, 0.717) is 6.54 Å². The summed E-state index contributed by atoms with van der Waals surface area (Å²) in [7, 11) is 0. The van der Waals surface area contributed by atoms with Crippen LogP contribution in [-0.2, 0) is 4.79 Å². The first-order chi connectivity index (χ1) is 8.58. The second-order valence-electron chi connectivity index (χ2n) is 4.93. The third-order valence-electron chi connectivity index (χ3n) is 3.24. The van der Waals surface area contributed by atoms with Crippen LogP contribution in [0, 0.1) is 6.92 Å². The molecule has 0 bridgehead atoms. The number of carbonyl (C=O) groups excluding carboxylic acids is 1. The van der Waals surface area contributed by atoms with Crippen LogP contribution in [0.25, 0.3) is 0 Å². The Kier molecular flexibility index (Phi) is 4.37. The van der Waals surface area contributed by atoms with E-state index in [1.54, 1.807) is 11.3 Å². The Morgan fingerprint density at radius 2 is 2.28 bits per heavy atom. The summed E-state index contributed by atoms with van der Waals surface area (Å²) in [5.74, 6) is 0.103. The van der Waals surface area contributed by atoms with Crippen LogP contribution >= 0.6 is 11.3 Å². The molecule has 2 rings (SSSR count). The van der Waals surface area contributed by atoms with Gasteiger partial charge in [0.2, 0.25) is 5.91 Å². The number of hydrogen-bond donors (Lipinski definition) is 2. The lowest BCUT2D eigenvalue weighted by Crippen LogP contribution is -2.42. The van der Waals surface area contributed by atoms with Gasteiger partial charge in [0.15, 0.2) is 0 Å². The van der Waals surface area contributed by atoms with Crippen molar-refractivity contribution in [2.45, 2.75) is 32.4 Å². The van der Waals surface area contributed by atoms with Crippen molar-refractivity contribution in [3.05, 3.63) is 21.9 Å². The molecule has 0 aromatic carbocycles. The van der Waals surface area contributed by atoms with E-state index in [1.165, 1.54) is 9.75 Å². The maximum Gasteiger partial charge on any atom is 0.234 e. The molecule has 1 saturated heterocycles. The number of rotatable bonds is 3. The van der Waals surface area contributed by atoms with E-state index >= 15 is 0 Å². The molecule has 2 heterocycles. The van der Waals surface area contributed by atoms with Crippen molar-refractivity contribution in [1.29, 1.82) is 0 Å². The maximum absolute atomic E-state index is 11.7. The van der Waals surface area contributed by atoms with Crippen molar-refractivity contribution >= 4 is 17.2 Å². The van der Waals surface area contributed by atoms with Crippen LogP contribution in [0.1, 0.15) is 29.1 Å². The van der Waals surface area contributed by atoms with E-state index < -0.39 is 0 Å². The number of nitrogens with zero attached hydrogens (tertiary/aromatic N) is 1. The van der Waals surface area contributed by atoms with Gasteiger partial charge in [-0.05, 0) is 32.4 Å². The summed E-state index contributed by atoms with van der Waals surface area (Å²) in [5.41, 5.74) is 6.14. The number of nitrogens with one attached hydrogen (secondary N) is 1. The number of carbonyl (C=O) groups is 1. The number of nitrogens with two attached hydrogens (primary N) is 1. The van der Waals surface area contributed by atoms with E-state index in [2.05, 4.69) is 29.3 Å². The van der Waals surface area contributed by atoms with Gasteiger partial charge >= 0.3 is 0 Å². The fourth-order valence-corrected chi connectivity index (χ4v) is 3.58. The van der Waals surface area contributed by atoms with Crippen LogP contribution in [0.4, 0.5) is 0 Å². The van der Waals surface area contributed by atoms with Crippen LogP contribution in [0.3, 0.4) is 0 Å². The Bertz CT molecular complexity index is 416. The fraction of sp³-hybridized carbons (Fsp3) is 0.615. The summed E-state index contributed by atoms with van der Waals surface area (Å²) in [5, 5.41) is 2.91. The SMILES string of the molecule is Cc1ccc(C(C(C)N)N2CCCNC(=O)C2)s1. The highest BCUT2D eigenvalue weighted by Gasteiger charge is 2.28. The molecule has 0 spiro atoms. The molecule has 0 saturated carbocycles. The molecule has 100 valence electrons. The third kappa shape index (κ3) is 3.10. The minimum atomic E-state index is 0.0222. The number of thiophene rings is 1. The van der Waals surface area contributed by atoms with E-state index in [1.807, 2.05) is 6.92 Å². The van der Waals surface area contributed by atoms with Gasteiger partial charge in [-0.3, -0.25) is 9.69 Å². The summed E-state index contributed by atoms with van der Waals surface area (Å²) in [6.45, 7) is 6.25. The topological polar surface area (TPSA) is 58.4 Å². The van der Waals surface area contributed by atoms with E-state index in [4.69, 9.17) is 5.73 Å². The molecular weight excluding hydrogens is 246 g/mol. The average molecular weight is 267 g/mol. The zero-order chi connectivity index (χ0) is 13.1. The second kappa shape index (κ2) is 5.82. The maximum atomic E-state index is 11.7. The van der Waals surface area contributed by atoms with Crippen LogP contribution in [-0.4, -0.2) is 36.5 Å². The monoisotopic (exact) mass is 267 g/mol. The Morgan fingerprint density at radius 3 is 2.89 bits per heavy atom. The predicted molar refractivity (Wildman–Crippen MR) is 74.6 cm³/mol. The lowest BCUT2D eigenvalue weighted by atomic mass is 10.1.